The van der Waals surface area contributed by atoms with Crippen molar-refractivity contribution in [3.8, 4) is 5.75 Å². The first-order valence-corrected chi connectivity index (χ1v) is 9.56. The van der Waals surface area contributed by atoms with Crippen molar-refractivity contribution in [1.29, 1.82) is 0 Å². The molecule has 1 aromatic carbocycles. The predicted molar refractivity (Wildman–Crippen MR) is 109 cm³/mol. The van der Waals surface area contributed by atoms with E-state index in [1.807, 2.05) is 0 Å². The van der Waals surface area contributed by atoms with Gasteiger partial charge in [0.15, 0.2) is 6.61 Å². The smallest absolute Gasteiger partial charge is 0.422 e. The highest BCUT2D eigenvalue weighted by molar-refractivity contribution is 6.02. The lowest BCUT2D eigenvalue weighted by Crippen LogP contribution is -2.52. The number of alkyl halides is 3. The SMILES string of the molecule is CC1(C)OCC(N)=N[C@]1(C)c1cc(NC(=O)c2ccc(OCC(F)(F)F)cn2)ccc1F. The van der Waals surface area contributed by atoms with Crippen molar-refractivity contribution >= 4 is 17.4 Å². The maximum Gasteiger partial charge on any atom is 0.422 e. The normalized spacial score (nSPS) is 20.4. The van der Waals surface area contributed by atoms with Crippen LogP contribution >= 0.6 is 0 Å². The number of hydrogen-bond acceptors (Lipinski definition) is 6. The molecule has 1 atom stereocenters. The van der Waals surface area contributed by atoms with Crippen LogP contribution in [0, 0.1) is 5.82 Å². The van der Waals surface area contributed by atoms with E-state index in [-0.39, 0.29) is 35.1 Å². The quantitative estimate of drug-likeness (QED) is 0.670. The van der Waals surface area contributed by atoms with Crippen LogP contribution < -0.4 is 15.8 Å². The van der Waals surface area contributed by atoms with E-state index in [9.17, 15) is 22.4 Å². The molecule has 32 heavy (non-hydrogen) atoms. The fourth-order valence-corrected chi connectivity index (χ4v) is 3.17. The fraction of sp³-hybridized carbons (Fsp3) is 0.381. The van der Waals surface area contributed by atoms with Gasteiger partial charge in [-0.1, -0.05) is 0 Å². The van der Waals surface area contributed by atoms with Crippen molar-refractivity contribution in [3.05, 3.63) is 53.6 Å². The van der Waals surface area contributed by atoms with Crippen LogP contribution in [-0.2, 0) is 10.3 Å². The first-order chi connectivity index (χ1) is 14.8. The molecule has 0 unspecified atom stereocenters. The molecular formula is C21H22F4N4O3. The van der Waals surface area contributed by atoms with Gasteiger partial charge in [0.05, 0.1) is 11.8 Å². The van der Waals surface area contributed by atoms with Gasteiger partial charge < -0.3 is 20.5 Å². The van der Waals surface area contributed by atoms with E-state index in [1.165, 1.54) is 30.3 Å². The number of hydrogen-bond donors (Lipinski definition) is 2. The highest BCUT2D eigenvalue weighted by atomic mass is 19.4. The average molecular weight is 454 g/mol. The molecule has 2 heterocycles. The topological polar surface area (TPSA) is 98.8 Å². The number of nitrogens with one attached hydrogen (secondary N) is 1. The number of benzene rings is 1. The van der Waals surface area contributed by atoms with Crippen molar-refractivity contribution in [2.75, 3.05) is 18.5 Å². The van der Waals surface area contributed by atoms with Crippen molar-refractivity contribution in [3.63, 3.8) is 0 Å². The Balaban J connectivity index is 1.80. The summed E-state index contributed by atoms with van der Waals surface area (Å²) in [6.07, 6.45) is -3.48. The monoisotopic (exact) mass is 454 g/mol. The molecule has 3 N–H and O–H groups in total. The van der Waals surface area contributed by atoms with Crippen molar-refractivity contribution < 1.29 is 31.8 Å². The van der Waals surface area contributed by atoms with Crippen LogP contribution in [0.3, 0.4) is 0 Å². The maximum absolute atomic E-state index is 14.7. The van der Waals surface area contributed by atoms with E-state index in [4.69, 9.17) is 10.5 Å². The Bertz CT molecular complexity index is 1040. The molecule has 172 valence electrons. The van der Waals surface area contributed by atoms with Crippen molar-refractivity contribution in [2.45, 2.75) is 38.1 Å². The van der Waals surface area contributed by atoms with Crippen LogP contribution in [0.5, 0.6) is 5.75 Å². The summed E-state index contributed by atoms with van der Waals surface area (Å²) >= 11 is 0. The molecule has 1 aliphatic heterocycles. The zero-order valence-electron chi connectivity index (χ0n) is 17.6. The summed E-state index contributed by atoms with van der Waals surface area (Å²) in [7, 11) is 0. The van der Waals surface area contributed by atoms with Gasteiger partial charge in [0.1, 0.15) is 35.2 Å². The molecule has 2 aromatic rings. The lowest BCUT2D eigenvalue weighted by Gasteiger charge is -2.44. The lowest BCUT2D eigenvalue weighted by atomic mass is 9.77. The van der Waals surface area contributed by atoms with Crippen LogP contribution in [-0.4, -0.2) is 41.7 Å². The Kier molecular flexibility index (Phi) is 6.14. The minimum Gasteiger partial charge on any atom is -0.483 e. The number of nitrogens with zero attached hydrogens (tertiary/aromatic N) is 2. The van der Waals surface area contributed by atoms with E-state index >= 15 is 0 Å². The van der Waals surface area contributed by atoms with Crippen LogP contribution in [0.15, 0.2) is 41.5 Å². The van der Waals surface area contributed by atoms with Crippen LogP contribution in [0.1, 0.15) is 36.8 Å². The number of carbonyl (C=O) groups excluding carboxylic acids is 1. The second-order valence-corrected chi connectivity index (χ2v) is 7.91. The number of halogens is 4. The number of anilines is 1. The van der Waals surface area contributed by atoms with E-state index in [0.717, 1.165) is 6.20 Å². The number of aliphatic imine (C=N–C) groups is 1. The van der Waals surface area contributed by atoms with Gasteiger partial charge in [-0.15, -0.1) is 0 Å². The van der Waals surface area contributed by atoms with Crippen LogP contribution in [0.25, 0.3) is 0 Å². The zero-order valence-corrected chi connectivity index (χ0v) is 17.6. The number of nitrogens with two attached hydrogens (primary N) is 1. The Morgan fingerprint density at radius 1 is 1.25 bits per heavy atom. The highest BCUT2D eigenvalue weighted by Crippen LogP contribution is 2.43. The molecule has 0 radical (unpaired) electrons. The third kappa shape index (κ3) is 4.98. The number of rotatable bonds is 5. The van der Waals surface area contributed by atoms with Gasteiger partial charge >= 0.3 is 6.18 Å². The summed E-state index contributed by atoms with van der Waals surface area (Å²) in [4.78, 5) is 20.8. The molecule has 0 bridgehead atoms. The first-order valence-electron chi connectivity index (χ1n) is 9.56. The molecule has 1 aromatic heterocycles. The van der Waals surface area contributed by atoms with Gasteiger partial charge in [-0.05, 0) is 51.1 Å². The largest absolute Gasteiger partial charge is 0.483 e. The predicted octanol–water partition coefficient (Wildman–Crippen LogP) is 3.80. The van der Waals surface area contributed by atoms with Gasteiger partial charge in [-0.2, -0.15) is 13.2 Å². The van der Waals surface area contributed by atoms with Crippen LogP contribution in [0.4, 0.5) is 23.2 Å². The van der Waals surface area contributed by atoms with Gasteiger partial charge in [-0.3, -0.25) is 9.79 Å². The molecule has 0 saturated heterocycles. The molecule has 7 nitrogen and oxygen atoms in total. The Morgan fingerprint density at radius 2 is 1.97 bits per heavy atom. The maximum atomic E-state index is 14.7. The van der Waals surface area contributed by atoms with Crippen LogP contribution in [0.2, 0.25) is 0 Å². The van der Waals surface area contributed by atoms with Gasteiger partial charge in [0.25, 0.3) is 5.91 Å². The van der Waals surface area contributed by atoms with Crippen molar-refractivity contribution in [1.82, 2.24) is 4.98 Å². The number of amidine groups is 1. The summed E-state index contributed by atoms with van der Waals surface area (Å²) in [5.74, 6) is -1.11. The number of pyridine rings is 1. The Labute approximate surface area is 181 Å². The number of amides is 1. The summed E-state index contributed by atoms with van der Waals surface area (Å²) in [5.41, 5.74) is 4.16. The molecule has 1 amide bonds. The molecule has 0 saturated carbocycles. The third-order valence-electron chi connectivity index (χ3n) is 5.24. The van der Waals surface area contributed by atoms with E-state index in [1.54, 1.807) is 20.8 Å². The van der Waals surface area contributed by atoms with E-state index in [2.05, 4.69) is 20.0 Å². The Morgan fingerprint density at radius 3 is 2.59 bits per heavy atom. The van der Waals surface area contributed by atoms with Gasteiger partial charge in [0, 0.05) is 11.3 Å². The second-order valence-electron chi connectivity index (χ2n) is 7.91. The summed E-state index contributed by atoms with van der Waals surface area (Å²) in [6.45, 7) is 3.86. The van der Waals surface area contributed by atoms with Gasteiger partial charge in [-0.25, -0.2) is 9.37 Å². The standard InChI is InChI=1S/C21H22F4N4O3/c1-19(2)20(3,29-17(26)10-32-19)14-8-12(4-6-15(14)22)28-18(30)16-7-5-13(9-27-16)31-11-21(23,24)25/h4-9H,10-11H2,1-3H3,(H2,26,29)(H,28,30)/t20-/m1/s1. The average Bonchev–Trinajstić information content (AvgIpc) is 2.71. The number of carbonyl (C=O) groups is 1. The molecule has 0 aliphatic carbocycles. The minimum absolute atomic E-state index is 0.0648. The molecule has 0 fully saturated rings. The summed E-state index contributed by atoms with van der Waals surface area (Å²) in [6, 6.07) is 6.40. The molecular weight excluding hydrogens is 432 g/mol. The Hall–Kier alpha value is -3.21. The molecule has 0 spiro atoms. The minimum atomic E-state index is -4.49. The summed E-state index contributed by atoms with van der Waals surface area (Å²) in [5, 5.41) is 2.59. The lowest BCUT2D eigenvalue weighted by molar-refractivity contribution is -0.153. The number of ether oxygens (including phenoxy) is 2. The van der Waals surface area contributed by atoms with Crippen molar-refractivity contribution in [2.24, 2.45) is 10.7 Å². The molecule has 1 aliphatic rings. The second kappa shape index (κ2) is 8.38. The zero-order chi connectivity index (χ0) is 23.7. The first kappa shape index (κ1) is 23.5. The fourth-order valence-electron chi connectivity index (χ4n) is 3.17. The number of aromatic nitrogens is 1. The summed E-state index contributed by atoms with van der Waals surface area (Å²) < 4.78 is 61.7. The molecule has 3 rings (SSSR count). The van der Waals surface area contributed by atoms with E-state index < -0.39 is 35.6 Å². The highest BCUT2D eigenvalue weighted by Gasteiger charge is 2.48. The van der Waals surface area contributed by atoms with Gasteiger partial charge in [0.2, 0.25) is 0 Å². The van der Waals surface area contributed by atoms with E-state index in [0.29, 0.717) is 0 Å². The molecule has 11 heteroatoms. The third-order valence-corrected chi connectivity index (χ3v) is 5.24.